The average Bonchev–Trinajstić information content (AvgIpc) is 2.17. The number of hydrogen-bond acceptors (Lipinski definition) is 3. The second-order valence-electron chi connectivity index (χ2n) is 2.88. The van der Waals surface area contributed by atoms with E-state index in [2.05, 4.69) is 5.32 Å². The molecule has 2 N–H and O–H groups in total. The zero-order chi connectivity index (χ0) is 10.4. The van der Waals surface area contributed by atoms with E-state index in [0.717, 1.165) is 5.69 Å². The first-order valence-corrected chi connectivity index (χ1v) is 4.65. The summed E-state index contributed by atoms with van der Waals surface area (Å²) in [5.74, 6) is 0. The number of nitrogens with zero attached hydrogens (tertiary/aromatic N) is 1. The molecule has 1 aromatic rings. The number of para-hydroxylation sites is 1. The summed E-state index contributed by atoms with van der Waals surface area (Å²) in [4.78, 5) is 0. The van der Waals surface area contributed by atoms with Crippen LogP contribution in [0.2, 0.25) is 5.02 Å². The quantitative estimate of drug-likeness (QED) is 0.800. The van der Waals surface area contributed by atoms with Gasteiger partial charge >= 0.3 is 0 Å². The van der Waals surface area contributed by atoms with Crippen molar-refractivity contribution in [1.82, 2.24) is 0 Å². The van der Waals surface area contributed by atoms with E-state index in [9.17, 15) is 5.11 Å². The highest BCUT2D eigenvalue weighted by Gasteiger charge is 2.03. The van der Waals surface area contributed by atoms with E-state index in [1.165, 1.54) is 0 Å². The maximum Gasteiger partial charge on any atom is 0.0842 e. The first kappa shape index (κ1) is 10.8. The number of nitrogens with one attached hydrogen (secondary N) is 1. The molecule has 1 aromatic carbocycles. The fraction of sp³-hybridized carbons (Fsp3) is 0.300. The molecule has 1 unspecified atom stereocenters. The molecule has 0 aliphatic carbocycles. The molecule has 0 spiro atoms. The molecule has 0 heterocycles. The fourth-order valence-electron chi connectivity index (χ4n) is 1.01. The molecule has 0 saturated carbocycles. The maximum atomic E-state index is 9.27. The second-order valence-corrected chi connectivity index (χ2v) is 3.28. The molecule has 3 nitrogen and oxygen atoms in total. The molecule has 1 atom stereocenters. The van der Waals surface area contributed by atoms with E-state index < -0.39 is 6.10 Å². The van der Waals surface area contributed by atoms with E-state index >= 15 is 0 Å². The Morgan fingerprint density at radius 1 is 1.50 bits per heavy atom. The normalized spacial score (nSPS) is 11.8. The lowest BCUT2D eigenvalue weighted by atomic mass is 10.2. The molecule has 0 radical (unpaired) electrons. The van der Waals surface area contributed by atoms with Crippen molar-refractivity contribution in [3.63, 3.8) is 0 Å². The van der Waals surface area contributed by atoms with Crippen LogP contribution in [0.1, 0.15) is 6.42 Å². The van der Waals surface area contributed by atoms with Crippen LogP contribution in [0, 0.1) is 11.3 Å². The van der Waals surface area contributed by atoms with E-state index in [-0.39, 0.29) is 6.42 Å². The van der Waals surface area contributed by atoms with Gasteiger partial charge in [0.2, 0.25) is 0 Å². The lowest BCUT2D eigenvalue weighted by Crippen LogP contribution is -2.18. The van der Waals surface area contributed by atoms with Gasteiger partial charge < -0.3 is 10.4 Å². The van der Waals surface area contributed by atoms with Crippen LogP contribution in [0.3, 0.4) is 0 Å². The molecular formula is C10H11ClN2O. The van der Waals surface area contributed by atoms with E-state index in [4.69, 9.17) is 16.9 Å². The van der Waals surface area contributed by atoms with Crippen molar-refractivity contribution in [2.24, 2.45) is 0 Å². The lowest BCUT2D eigenvalue weighted by molar-refractivity contribution is 0.193. The number of hydrogen-bond donors (Lipinski definition) is 2. The summed E-state index contributed by atoms with van der Waals surface area (Å²) in [6, 6.07) is 9.17. The predicted molar refractivity (Wildman–Crippen MR) is 56.2 cm³/mol. The Kier molecular flexibility index (Phi) is 4.24. The summed E-state index contributed by atoms with van der Waals surface area (Å²) >= 11 is 5.88. The molecule has 0 saturated heterocycles. The standard InChI is InChI=1S/C10H11ClN2O/c11-9-3-1-2-4-10(9)13-7-8(14)5-6-12/h1-4,8,13-14H,5,7H2. The van der Waals surface area contributed by atoms with Crippen molar-refractivity contribution in [2.75, 3.05) is 11.9 Å². The third-order valence-corrected chi connectivity index (χ3v) is 2.06. The van der Waals surface area contributed by atoms with Gasteiger partial charge in [-0.3, -0.25) is 0 Å². The van der Waals surface area contributed by atoms with Gasteiger partial charge in [0.25, 0.3) is 0 Å². The van der Waals surface area contributed by atoms with Crippen molar-refractivity contribution in [3.05, 3.63) is 29.3 Å². The van der Waals surface area contributed by atoms with Crippen LogP contribution < -0.4 is 5.32 Å². The fourth-order valence-corrected chi connectivity index (χ4v) is 1.21. The maximum absolute atomic E-state index is 9.27. The van der Waals surface area contributed by atoms with Crippen LogP contribution in [0.25, 0.3) is 0 Å². The third kappa shape index (κ3) is 3.25. The smallest absolute Gasteiger partial charge is 0.0842 e. The van der Waals surface area contributed by atoms with Gasteiger partial charge in [0, 0.05) is 6.54 Å². The number of aliphatic hydroxyl groups is 1. The van der Waals surface area contributed by atoms with Gasteiger partial charge in [-0.2, -0.15) is 5.26 Å². The monoisotopic (exact) mass is 210 g/mol. The van der Waals surface area contributed by atoms with Crippen molar-refractivity contribution in [1.29, 1.82) is 5.26 Å². The highest BCUT2D eigenvalue weighted by molar-refractivity contribution is 6.33. The molecule has 0 aliphatic rings. The molecule has 14 heavy (non-hydrogen) atoms. The van der Waals surface area contributed by atoms with Crippen molar-refractivity contribution in [2.45, 2.75) is 12.5 Å². The topological polar surface area (TPSA) is 56.0 Å². The van der Waals surface area contributed by atoms with Crippen LogP contribution in [0.5, 0.6) is 0 Å². The molecule has 0 aliphatic heterocycles. The first-order valence-electron chi connectivity index (χ1n) is 4.27. The van der Waals surface area contributed by atoms with Gasteiger partial charge in [-0.25, -0.2) is 0 Å². The highest BCUT2D eigenvalue weighted by atomic mass is 35.5. The first-order chi connectivity index (χ1) is 6.74. The van der Waals surface area contributed by atoms with Crippen LogP contribution >= 0.6 is 11.6 Å². The van der Waals surface area contributed by atoms with Crippen molar-refractivity contribution >= 4 is 17.3 Å². The molecule has 0 aromatic heterocycles. The van der Waals surface area contributed by atoms with Crippen molar-refractivity contribution < 1.29 is 5.11 Å². The molecule has 0 bridgehead atoms. The Morgan fingerprint density at radius 3 is 2.86 bits per heavy atom. The zero-order valence-electron chi connectivity index (χ0n) is 7.57. The summed E-state index contributed by atoms with van der Waals surface area (Å²) in [7, 11) is 0. The summed E-state index contributed by atoms with van der Waals surface area (Å²) in [6.45, 7) is 0.331. The van der Waals surface area contributed by atoms with Crippen LogP contribution in [-0.2, 0) is 0 Å². The molecule has 4 heteroatoms. The Bertz CT molecular complexity index is 335. The van der Waals surface area contributed by atoms with Crippen LogP contribution in [-0.4, -0.2) is 17.8 Å². The van der Waals surface area contributed by atoms with Crippen LogP contribution in [0.4, 0.5) is 5.69 Å². The van der Waals surface area contributed by atoms with Gasteiger partial charge in [-0.15, -0.1) is 0 Å². The zero-order valence-corrected chi connectivity index (χ0v) is 8.33. The summed E-state index contributed by atoms with van der Waals surface area (Å²) in [6.07, 6.45) is -0.534. The van der Waals surface area contributed by atoms with Gasteiger partial charge in [-0.05, 0) is 12.1 Å². The van der Waals surface area contributed by atoms with E-state index in [0.29, 0.717) is 11.6 Å². The molecule has 1 rings (SSSR count). The highest BCUT2D eigenvalue weighted by Crippen LogP contribution is 2.20. The van der Waals surface area contributed by atoms with Gasteiger partial charge in [0.15, 0.2) is 0 Å². The average molecular weight is 211 g/mol. The van der Waals surface area contributed by atoms with Gasteiger partial charge in [0.05, 0.1) is 29.3 Å². The van der Waals surface area contributed by atoms with E-state index in [1.54, 1.807) is 6.07 Å². The number of benzene rings is 1. The van der Waals surface area contributed by atoms with Gasteiger partial charge in [-0.1, -0.05) is 23.7 Å². The number of rotatable bonds is 4. The SMILES string of the molecule is N#CCC(O)CNc1ccccc1Cl. The van der Waals surface area contributed by atoms with E-state index in [1.807, 2.05) is 24.3 Å². The number of halogens is 1. The Balaban J connectivity index is 2.46. The third-order valence-electron chi connectivity index (χ3n) is 1.73. The van der Waals surface area contributed by atoms with Crippen molar-refractivity contribution in [3.8, 4) is 6.07 Å². The number of nitriles is 1. The summed E-state index contributed by atoms with van der Waals surface area (Å²) in [5.41, 5.74) is 0.770. The lowest BCUT2D eigenvalue weighted by Gasteiger charge is -2.10. The number of aliphatic hydroxyl groups excluding tert-OH is 1. The predicted octanol–water partition coefficient (Wildman–Crippen LogP) is 2.03. The van der Waals surface area contributed by atoms with Gasteiger partial charge in [0.1, 0.15) is 0 Å². The molecule has 74 valence electrons. The minimum absolute atomic E-state index is 0.122. The molecular weight excluding hydrogens is 200 g/mol. The minimum Gasteiger partial charge on any atom is -0.390 e. The molecule has 0 amide bonds. The molecule has 0 fully saturated rings. The Hall–Kier alpha value is -1.24. The largest absolute Gasteiger partial charge is 0.390 e. The van der Waals surface area contributed by atoms with Crippen LogP contribution in [0.15, 0.2) is 24.3 Å². The summed E-state index contributed by atoms with van der Waals surface area (Å²) in [5, 5.41) is 21.2. The Labute approximate surface area is 87.9 Å². The minimum atomic E-state index is -0.656. The summed E-state index contributed by atoms with van der Waals surface area (Å²) < 4.78 is 0. The Morgan fingerprint density at radius 2 is 2.21 bits per heavy atom. The second kappa shape index (κ2) is 5.48. The number of anilines is 1.